The summed E-state index contributed by atoms with van der Waals surface area (Å²) in [5.41, 5.74) is 3.65. The summed E-state index contributed by atoms with van der Waals surface area (Å²) in [6.45, 7) is 0. The highest BCUT2D eigenvalue weighted by Gasteiger charge is 2.00. The molecule has 0 radical (unpaired) electrons. The molecule has 0 fully saturated rings. The van der Waals surface area contributed by atoms with E-state index in [1.165, 1.54) is 32.8 Å². The largest absolute Gasteiger partial charge is 0.361 e. The lowest BCUT2D eigenvalue weighted by Gasteiger charge is -2.01. The standard InChI is InChI=1S/C20H15N/c1-2-9-18-15(6-1)7-5-8-16(18)12-13-17-14-21-20-11-4-3-10-19(17)20/h1-14,21H/b13-12+. The van der Waals surface area contributed by atoms with E-state index in [2.05, 4.69) is 90.1 Å². The number of hydrogen-bond donors (Lipinski definition) is 1. The maximum Gasteiger partial charge on any atom is 0.0460 e. The minimum absolute atomic E-state index is 1.18. The molecule has 0 saturated heterocycles. The summed E-state index contributed by atoms with van der Waals surface area (Å²) in [6, 6.07) is 23.3. The Morgan fingerprint density at radius 2 is 1.33 bits per heavy atom. The van der Waals surface area contributed by atoms with Crippen LogP contribution in [0.3, 0.4) is 0 Å². The fraction of sp³-hybridized carbons (Fsp3) is 0. The third-order valence-electron chi connectivity index (χ3n) is 3.89. The average Bonchev–Trinajstić information content (AvgIpc) is 2.96. The predicted molar refractivity (Wildman–Crippen MR) is 91.2 cm³/mol. The van der Waals surface area contributed by atoms with E-state index in [0.29, 0.717) is 0 Å². The summed E-state index contributed by atoms with van der Waals surface area (Å²) >= 11 is 0. The van der Waals surface area contributed by atoms with Gasteiger partial charge in [0, 0.05) is 17.1 Å². The number of nitrogens with one attached hydrogen (secondary N) is 1. The van der Waals surface area contributed by atoms with Gasteiger partial charge in [0.05, 0.1) is 0 Å². The van der Waals surface area contributed by atoms with Crippen molar-refractivity contribution in [1.29, 1.82) is 0 Å². The zero-order valence-electron chi connectivity index (χ0n) is 11.6. The molecule has 3 aromatic carbocycles. The first-order valence-electron chi connectivity index (χ1n) is 7.14. The third-order valence-corrected chi connectivity index (χ3v) is 3.89. The minimum Gasteiger partial charge on any atom is -0.361 e. The molecule has 100 valence electrons. The molecule has 0 aliphatic carbocycles. The molecule has 1 aromatic heterocycles. The number of rotatable bonds is 2. The van der Waals surface area contributed by atoms with Gasteiger partial charge in [0.25, 0.3) is 0 Å². The molecular weight excluding hydrogens is 254 g/mol. The van der Waals surface area contributed by atoms with Gasteiger partial charge in [-0.3, -0.25) is 0 Å². The van der Waals surface area contributed by atoms with E-state index in [4.69, 9.17) is 0 Å². The van der Waals surface area contributed by atoms with Crippen LogP contribution in [0.5, 0.6) is 0 Å². The second-order valence-corrected chi connectivity index (χ2v) is 5.19. The monoisotopic (exact) mass is 269 g/mol. The normalized spacial score (nSPS) is 11.6. The maximum atomic E-state index is 3.31. The highest BCUT2D eigenvalue weighted by molar-refractivity contribution is 5.96. The van der Waals surface area contributed by atoms with Crippen molar-refractivity contribution in [2.45, 2.75) is 0 Å². The predicted octanol–water partition coefficient (Wildman–Crippen LogP) is 5.49. The number of benzene rings is 3. The minimum atomic E-state index is 1.18. The Labute approximate surface area is 123 Å². The smallest absolute Gasteiger partial charge is 0.0460 e. The molecule has 0 bridgehead atoms. The average molecular weight is 269 g/mol. The number of H-pyrrole nitrogens is 1. The molecule has 1 heteroatoms. The van der Waals surface area contributed by atoms with Crippen LogP contribution < -0.4 is 0 Å². The van der Waals surface area contributed by atoms with Gasteiger partial charge in [0.15, 0.2) is 0 Å². The van der Waals surface area contributed by atoms with E-state index in [1.54, 1.807) is 0 Å². The molecule has 21 heavy (non-hydrogen) atoms. The number of aromatic nitrogens is 1. The van der Waals surface area contributed by atoms with Crippen LogP contribution in [-0.4, -0.2) is 4.98 Å². The highest BCUT2D eigenvalue weighted by Crippen LogP contribution is 2.23. The van der Waals surface area contributed by atoms with Crippen LogP contribution in [0.4, 0.5) is 0 Å². The summed E-state index contributed by atoms with van der Waals surface area (Å²) < 4.78 is 0. The van der Waals surface area contributed by atoms with E-state index in [9.17, 15) is 0 Å². The summed E-state index contributed by atoms with van der Waals surface area (Å²) in [5, 5.41) is 3.82. The summed E-state index contributed by atoms with van der Waals surface area (Å²) in [4.78, 5) is 3.31. The third kappa shape index (κ3) is 2.13. The summed E-state index contributed by atoms with van der Waals surface area (Å²) in [6.07, 6.45) is 6.44. The van der Waals surface area contributed by atoms with Crippen LogP contribution in [0.25, 0.3) is 33.8 Å². The number of hydrogen-bond acceptors (Lipinski definition) is 0. The molecule has 0 atom stereocenters. The van der Waals surface area contributed by atoms with Gasteiger partial charge < -0.3 is 4.98 Å². The summed E-state index contributed by atoms with van der Waals surface area (Å²) in [7, 11) is 0. The Hall–Kier alpha value is -2.80. The topological polar surface area (TPSA) is 15.8 Å². The fourth-order valence-corrected chi connectivity index (χ4v) is 2.81. The van der Waals surface area contributed by atoms with Crippen LogP contribution in [0.15, 0.2) is 72.9 Å². The molecular formula is C20H15N. The lowest BCUT2D eigenvalue weighted by Crippen LogP contribution is -1.77. The lowest BCUT2D eigenvalue weighted by atomic mass is 10.0. The van der Waals surface area contributed by atoms with Gasteiger partial charge in [-0.2, -0.15) is 0 Å². The molecule has 4 rings (SSSR count). The van der Waals surface area contributed by atoms with Gasteiger partial charge in [-0.05, 0) is 28.0 Å². The second kappa shape index (κ2) is 4.95. The number of para-hydroxylation sites is 1. The fourth-order valence-electron chi connectivity index (χ4n) is 2.81. The Balaban J connectivity index is 1.81. The van der Waals surface area contributed by atoms with Crippen molar-refractivity contribution >= 4 is 33.8 Å². The van der Waals surface area contributed by atoms with Crippen LogP contribution in [0.2, 0.25) is 0 Å². The molecule has 0 spiro atoms. The van der Waals surface area contributed by atoms with Crippen molar-refractivity contribution in [2.24, 2.45) is 0 Å². The van der Waals surface area contributed by atoms with Gasteiger partial charge in [0.2, 0.25) is 0 Å². The van der Waals surface area contributed by atoms with Crippen LogP contribution >= 0.6 is 0 Å². The van der Waals surface area contributed by atoms with Crippen LogP contribution in [0, 0.1) is 0 Å². The zero-order chi connectivity index (χ0) is 14.1. The van der Waals surface area contributed by atoms with E-state index in [-0.39, 0.29) is 0 Å². The highest BCUT2D eigenvalue weighted by atomic mass is 14.7. The molecule has 0 aliphatic heterocycles. The number of fused-ring (bicyclic) bond motifs is 2. The van der Waals surface area contributed by atoms with Crippen molar-refractivity contribution < 1.29 is 0 Å². The van der Waals surface area contributed by atoms with Crippen molar-refractivity contribution in [3.63, 3.8) is 0 Å². The van der Waals surface area contributed by atoms with E-state index in [0.717, 1.165) is 0 Å². The van der Waals surface area contributed by atoms with Crippen molar-refractivity contribution in [3.05, 3.63) is 84.1 Å². The van der Waals surface area contributed by atoms with Crippen molar-refractivity contribution in [2.75, 3.05) is 0 Å². The molecule has 1 nitrogen and oxygen atoms in total. The van der Waals surface area contributed by atoms with Gasteiger partial charge in [-0.25, -0.2) is 0 Å². The first-order chi connectivity index (χ1) is 10.4. The molecule has 0 unspecified atom stereocenters. The van der Waals surface area contributed by atoms with Crippen molar-refractivity contribution in [3.8, 4) is 0 Å². The van der Waals surface area contributed by atoms with Gasteiger partial charge in [-0.15, -0.1) is 0 Å². The van der Waals surface area contributed by atoms with E-state index >= 15 is 0 Å². The zero-order valence-corrected chi connectivity index (χ0v) is 11.6. The first-order valence-corrected chi connectivity index (χ1v) is 7.14. The Bertz CT molecular complexity index is 939. The van der Waals surface area contributed by atoms with Crippen LogP contribution in [0.1, 0.15) is 11.1 Å². The molecule has 0 aliphatic rings. The molecule has 1 N–H and O–H groups in total. The van der Waals surface area contributed by atoms with Crippen LogP contribution in [-0.2, 0) is 0 Å². The SMILES string of the molecule is C(=C\c1c[nH]c2ccccc12)/c1cccc2ccccc12. The Kier molecular flexibility index (Phi) is 2.82. The number of aromatic amines is 1. The van der Waals surface area contributed by atoms with Gasteiger partial charge in [0.1, 0.15) is 0 Å². The molecule has 1 heterocycles. The molecule has 0 saturated carbocycles. The summed E-state index contributed by atoms with van der Waals surface area (Å²) in [5.74, 6) is 0. The molecule has 4 aromatic rings. The van der Waals surface area contributed by atoms with Gasteiger partial charge in [-0.1, -0.05) is 72.8 Å². The van der Waals surface area contributed by atoms with E-state index < -0.39 is 0 Å². The Morgan fingerprint density at radius 1 is 0.619 bits per heavy atom. The van der Waals surface area contributed by atoms with Gasteiger partial charge >= 0.3 is 0 Å². The Morgan fingerprint density at radius 3 is 2.29 bits per heavy atom. The molecule has 0 amide bonds. The quantitative estimate of drug-likeness (QED) is 0.495. The van der Waals surface area contributed by atoms with E-state index in [1.807, 2.05) is 0 Å². The lowest BCUT2D eigenvalue weighted by molar-refractivity contribution is 1.47. The second-order valence-electron chi connectivity index (χ2n) is 5.19. The maximum absolute atomic E-state index is 3.31. The van der Waals surface area contributed by atoms with Crippen molar-refractivity contribution in [1.82, 2.24) is 4.98 Å². The first kappa shape index (κ1) is 12.0.